The van der Waals surface area contributed by atoms with Crippen molar-refractivity contribution in [3.63, 3.8) is 0 Å². The molecular formula is C37H50F2N5O7P. The van der Waals surface area contributed by atoms with Crippen molar-refractivity contribution in [2.24, 2.45) is 0 Å². The topological polar surface area (TPSA) is 167 Å². The molecule has 1 aliphatic heterocycles. The van der Waals surface area contributed by atoms with Gasteiger partial charge in [0.25, 0.3) is 0 Å². The van der Waals surface area contributed by atoms with E-state index in [1.54, 1.807) is 18.2 Å². The lowest BCUT2D eigenvalue weighted by Gasteiger charge is -2.22. The molecule has 1 aromatic carbocycles. The van der Waals surface area contributed by atoms with Gasteiger partial charge in [0.2, 0.25) is 12.1 Å². The maximum Gasteiger partial charge on any atom is 0.458 e. The van der Waals surface area contributed by atoms with Crippen LogP contribution >= 0.6 is 7.75 Å². The number of amides is 1. The van der Waals surface area contributed by atoms with Crippen LogP contribution in [0.4, 0.5) is 14.6 Å². The molecule has 3 rings (SSSR count). The maximum atomic E-state index is 15.0. The third kappa shape index (κ3) is 14.8. The molecular weight excluding hydrogens is 695 g/mol. The van der Waals surface area contributed by atoms with Crippen LogP contribution in [0.3, 0.4) is 0 Å². The number of hydrogen-bond donors (Lipinski definition) is 4. The highest BCUT2D eigenvalue weighted by molar-refractivity contribution is 7.52. The number of carbonyl (C=O) groups is 1. The minimum Gasteiger partial charge on any atom is -0.413 e. The molecule has 5 N–H and O–H groups in total. The number of aliphatic hydroxyl groups excluding tert-OH is 1. The smallest absolute Gasteiger partial charge is 0.413 e. The van der Waals surface area contributed by atoms with Gasteiger partial charge in [-0.1, -0.05) is 85.9 Å². The quantitative estimate of drug-likeness (QED) is 0.0557. The summed E-state index contributed by atoms with van der Waals surface area (Å²) in [6.45, 7) is 1.35. The summed E-state index contributed by atoms with van der Waals surface area (Å²) in [4.78, 5) is 27.9. The molecule has 1 amide bonds. The van der Waals surface area contributed by atoms with Gasteiger partial charge in [-0.2, -0.15) is 13.8 Å². The number of aromatic nitrogens is 2. The van der Waals surface area contributed by atoms with Crippen LogP contribution in [0.5, 0.6) is 5.75 Å². The fraction of sp³-hybridized carbons (Fsp3) is 0.432. The van der Waals surface area contributed by atoms with E-state index in [1.165, 1.54) is 12.1 Å². The van der Waals surface area contributed by atoms with E-state index >= 15 is 0 Å². The van der Waals surface area contributed by atoms with E-state index in [-0.39, 0.29) is 30.6 Å². The zero-order valence-electron chi connectivity index (χ0n) is 29.4. The fourth-order valence-electron chi connectivity index (χ4n) is 4.84. The Hall–Kier alpha value is -4.20. The Bertz CT molecular complexity index is 1630. The molecule has 284 valence electrons. The minimum atomic E-state index is -4.24. The number of benzene rings is 1. The molecule has 0 radical (unpaired) electrons. The Labute approximate surface area is 303 Å². The zero-order valence-corrected chi connectivity index (χ0v) is 30.3. The van der Waals surface area contributed by atoms with E-state index in [0.29, 0.717) is 17.4 Å². The summed E-state index contributed by atoms with van der Waals surface area (Å²) in [6.07, 6.45) is 22.3. The molecule has 52 heavy (non-hydrogen) atoms. The number of allylic oxidation sites excluding steroid dienone is 10. The molecule has 1 saturated heterocycles. The van der Waals surface area contributed by atoms with Crippen LogP contribution in [0.2, 0.25) is 0 Å². The van der Waals surface area contributed by atoms with E-state index < -0.39 is 44.4 Å². The number of anilines is 1. The number of carbonyl (C=O) groups excluding carboxylic acids is 1. The summed E-state index contributed by atoms with van der Waals surface area (Å²) in [5.74, 6) is -4.14. The number of nitrogens with two attached hydrogens (primary N) is 1. The van der Waals surface area contributed by atoms with E-state index in [1.807, 2.05) is 6.08 Å². The standard InChI is InChI=1S/C37H50F2N5O7P/c1-2-3-4-5-6-7-8-9-10-11-12-13-14-15-16-17-21-24-33(45)41-26-27-42-52(48,51-30-22-19-18-20-23-30)49-29-31-34(46)37(38,39)35(50-31)44-28-25-32(40)43-36(44)47/h3-4,6-7,9-10,12-13,15-16,18-20,22-23,25,28,31,34-35,46H,2,5,8,11,14,17,21,24,26-27,29H2,1H3,(H,41,45)(H,42,48)(H2,40,43,47)/b4-3-,7-6-,10-9-,13-12-,16-15-/t31-,34-,35-,52?/m1/s1. The molecule has 4 atom stereocenters. The molecule has 15 heteroatoms. The molecule has 0 saturated carbocycles. The number of hydrogen-bond acceptors (Lipinski definition) is 9. The molecule has 1 unspecified atom stereocenters. The highest BCUT2D eigenvalue weighted by atomic mass is 31.2. The summed E-state index contributed by atoms with van der Waals surface area (Å²) < 4.78 is 60.4. The Morgan fingerprint density at radius 3 is 2.23 bits per heavy atom. The first-order valence-corrected chi connectivity index (χ1v) is 18.9. The van der Waals surface area contributed by atoms with E-state index in [2.05, 4.69) is 77.0 Å². The molecule has 0 spiro atoms. The molecule has 1 aliphatic rings. The third-order valence-electron chi connectivity index (χ3n) is 7.55. The summed E-state index contributed by atoms with van der Waals surface area (Å²) in [5.41, 5.74) is 4.34. The predicted octanol–water partition coefficient (Wildman–Crippen LogP) is 6.55. The first-order chi connectivity index (χ1) is 25.1. The average molecular weight is 746 g/mol. The Morgan fingerprint density at radius 2 is 1.62 bits per heavy atom. The molecule has 1 aromatic heterocycles. The Balaban J connectivity index is 1.38. The Morgan fingerprint density at radius 1 is 1.00 bits per heavy atom. The summed E-state index contributed by atoms with van der Waals surface area (Å²) in [7, 11) is -4.24. The molecule has 1 fully saturated rings. The van der Waals surface area contributed by atoms with Gasteiger partial charge in [0, 0.05) is 25.7 Å². The second-order valence-electron chi connectivity index (χ2n) is 11.7. The average Bonchev–Trinajstić information content (AvgIpc) is 3.34. The number of unbranched alkanes of at least 4 members (excludes halogenated alkanes) is 1. The fourth-order valence-corrected chi connectivity index (χ4v) is 6.18. The van der Waals surface area contributed by atoms with Gasteiger partial charge in [-0.3, -0.25) is 13.9 Å². The number of nitrogens with one attached hydrogen (secondary N) is 2. The molecule has 2 aromatic rings. The van der Waals surface area contributed by atoms with Gasteiger partial charge < -0.3 is 25.4 Å². The first kappa shape index (κ1) is 42.2. The number of aliphatic hydroxyl groups is 1. The molecule has 0 bridgehead atoms. The third-order valence-corrected chi connectivity index (χ3v) is 9.10. The number of halogens is 2. The second kappa shape index (κ2) is 22.7. The highest BCUT2D eigenvalue weighted by Crippen LogP contribution is 2.47. The molecule has 12 nitrogen and oxygen atoms in total. The number of para-hydroxylation sites is 1. The first-order valence-electron chi connectivity index (χ1n) is 17.4. The summed E-state index contributed by atoms with van der Waals surface area (Å²) in [6, 6.07) is 9.14. The van der Waals surface area contributed by atoms with E-state index in [9.17, 15) is 28.0 Å². The Kier molecular flexibility index (Phi) is 18.4. The van der Waals surface area contributed by atoms with Crippen molar-refractivity contribution >= 4 is 19.5 Å². The van der Waals surface area contributed by atoms with E-state index in [0.717, 1.165) is 50.8 Å². The van der Waals surface area contributed by atoms with Gasteiger partial charge in [0.1, 0.15) is 17.7 Å². The largest absolute Gasteiger partial charge is 0.458 e. The zero-order chi connectivity index (χ0) is 37.7. The van der Waals surface area contributed by atoms with Crippen LogP contribution in [0.1, 0.15) is 64.5 Å². The number of ether oxygens (including phenoxy) is 1. The van der Waals surface area contributed by atoms with Crippen molar-refractivity contribution < 1.29 is 37.0 Å². The number of nitrogen functional groups attached to an aromatic ring is 1. The SMILES string of the molecule is CC/C=C\C/C=C\C/C=C\C/C=C\C/C=C\CCCC(=O)NCCNP(=O)(OC[C@H]1O[C@@H](n2ccc(N)nc2=O)C(F)(F)[C@@H]1O)Oc1ccccc1. The van der Waals surface area contributed by atoms with Crippen LogP contribution < -0.4 is 26.4 Å². The highest BCUT2D eigenvalue weighted by Gasteiger charge is 2.60. The van der Waals surface area contributed by atoms with Gasteiger partial charge in [-0.25, -0.2) is 14.4 Å². The minimum absolute atomic E-state index is 0.0516. The van der Waals surface area contributed by atoms with Crippen LogP contribution in [0.25, 0.3) is 0 Å². The summed E-state index contributed by atoms with van der Waals surface area (Å²) >= 11 is 0. The van der Waals surface area contributed by atoms with Gasteiger partial charge in [-0.15, -0.1) is 0 Å². The number of rotatable bonds is 23. The lowest BCUT2D eigenvalue weighted by atomic mass is 10.1. The van der Waals surface area contributed by atoms with Crippen molar-refractivity contribution in [1.29, 1.82) is 0 Å². The second-order valence-corrected chi connectivity index (χ2v) is 13.5. The van der Waals surface area contributed by atoms with Gasteiger partial charge in [0.15, 0.2) is 6.10 Å². The van der Waals surface area contributed by atoms with E-state index in [4.69, 9.17) is 19.5 Å². The molecule has 2 heterocycles. The van der Waals surface area contributed by atoms with Gasteiger partial charge >= 0.3 is 19.4 Å². The van der Waals surface area contributed by atoms with Crippen molar-refractivity contribution in [3.05, 3.63) is 114 Å². The lowest BCUT2D eigenvalue weighted by Crippen LogP contribution is -2.42. The normalized spacial score (nSPS) is 20.1. The van der Waals surface area contributed by atoms with Crippen molar-refractivity contribution in [2.75, 3.05) is 25.4 Å². The molecule has 0 aliphatic carbocycles. The van der Waals surface area contributed by atoms with Crippen LogP contribution in [0, 0.1) is 0 Å². The van der Waals surface area contributed by atoms with Crippen molar-refractivity contribution in [1.82, 2.24) is 20.0 Å². The predicted molar refractivity (Wildman–Crippen MR) is 198 cm³/mol. The lowest BCUT2D eigenvalue weighted by molar-refractivity contribution is -0.140. The van der Waals surface area contributed by atoms with Crippen molar-refractivity contribution in [2.45, 2.75) is 82.6 Å². The number of nitrogens with zero attached hydrogens (tertiary/aromatic N) is 2. The van der Waals surface area contributed by atoms with Crippen LogP contribution in [0.15, 0.2) is 108 Å². The van der Waals surface area contributed by atoms with Gasteiger partial charge in [-0.05, 0) is 63.1 Å². The maximum absolute atomic E-state index is 15.0. The van der Waals surface area contributed by atoms with Crippen LogP contribution in [-0.2, 0) is 18.6 Å². The van der Waals surface area contributed by atoms with Crippen molar-refractivity contribution in [3.8, 4) is 5.75 Å². The monoisotopic (exact) mass is 745 g/mol. The van der Waals surface area contributed by atoms with Gasteiger partial charge in [0.05, 0.1) is 6.61 Å². The summed E-state index contributed by atoms with van der Waals surface area (Å²) in [5, 5.41) is 15.7. The van der Waals surface area contributed by atoms with Crippen LogP contribution in [-0.4, -0.2) is 58.4 Å². The number of alkyl halides is 2.